The number of rotatable bonds is 6. The lowest BCUT2D eigenvalue weighted by molar-refractivity contribution is 0.672. The minimum Gasteiger partial charge on any atom is -0.454 e. The number of nitrogens with zero attached hydrogens (tertiary/aromatic N) is 2. The van der Waals surface area contributed by atoms with Gasteiger partial charge >= 0.3 is 0 Å². The minimum atomic E-state index is 0.901. The Morgan fingerprint density at radius 2 is 0.656 bits per heavy atom. The molecule has 0 radical (unpaired) electrons. The van der Waals surface area contributed by atoms with Crippen molar-refractivity contribution >= 4 is 151 Å². The molecule has 0 aliphatic carbocycles. The summed E-state index contributed by atoms with van der Waals surface area (Å²) in [4.78, 5) is 0. The van der Waals surface area contributed by atoms with E-state index in [4.69, 9.17) is 8.83 Å². The van der Waals surface area contributed by atoms with E-state index in [1.54, 1.807) is 0 Å². The number of hydrogen-bond acceptors (Lipinski definition) is 4. The predicted octanol–water partition coefficient (Wildman–Crippen LogP) is 24.8. The molecule has 0 aliphatic heterocycles. The van der Waals surface area contributed by atoms with Crippen LogP contribution in [0.4, 0.5) is 0 Å². The number of thiophene rings is 2. The van der Waals surface area contributed by atoms with Gasteiger partial charge < -0.3 is 18.0 Å². The van der Waals surface area contributed by atoms with Gasteiger partial charge in [-0.05, 0) is 181 Å². The molecule has 20 aromatic rings. The summed E-state index contributed by atoms with van der Waals surface area (Å²) in [5, 5.41) is 15.0. The van der Waals surface area contributed by atoms with Crippen LogP contribution >= 0.6 is 22.7 Å². The van der Waals surface area contributed by atoms with E-state index in [2.05, 4.69) is 312 Å². The average Bonchev–Trinajstić information content (AvgIpc) is 1.64. The summed E-state index contributed by atoms with van der Waals surface area (Å²) >= 11 is 3.76. The normalized spacial score (nSPS) is 12.0. The Kier molecular flexibility index (Phi) is 11.4. The number of para-hydroxylation sites is 4. The van der Waals surface area contributed by atoms with Crippen molar-refractivity contribution in [3.05, 3.63) is 303 Å². The highest BCUT2D eigenvalue weighted by atomic mass is 32.1. The molecule has 20 rings (SSSR count). The van der Waals surface area contributed by atoms with Crippen LogP contribution in [0.5, 0.6) is 0 Å². The van der Waals surface area contributed by atoms with Gasteiger partial charge in [0.15, 0.2) is 11.2 Å². The average molecular weight is 1180 g/mol. The highest BCUT2D eigenvalue weighted by Gasteiger charge is 2.22. The Labute approximate surface area is 524 Å². The van der Waals surface area contributed by atoms with Gasteiger partial charge in [-0.2, -0.15) is 0 Å². The molecule has 0 bridgehead atoms. The smallest absolute Gasteiger partial charge is 0.161 e. The molecule has 420 valence electrons. The SMILES string of the molecule is c1ccc(-n2c3ccccc3c3oc4ccc(-c5cccc(-c6ccc7c(c6)sc6cc8ccccc8cc67)c5)cc4c32)cc1.c1ccc(-n2c3ccccc3c3oc4ccc(-c5cccc(-c6ccc7c(c6)sc6ccc8ccccc8c67)c5)cc4c32)cc1. The largest absolute Gasteiger partial charge is 0.454 e. The zero-order valence-electron chi connectivity index (χ0n) is 48.4. The summed E-state index contributed by atoms with van der Waals surface area (Å²) in [5.41, 5.74) is 20.1. The van der Waals surface area contributed by atoms with Gasteiger partial charge in [0.25, 0.3) is 0 Å². The molecule has 6 heterocycles. The van der Waals surface area contributed by atoms with E-state index >= 15 is 0 Å². The van der Waals surface area contributed by atoms with E-state index in [0.717, 1.165) is 77.3 Å². The molecule has 4 nitrogen and oxygen atoms in total. The molecule has 0 atom stereocenters. The van der Waals surface area contributed by atoms with Crippen LogP contribution < -0.4 is 0 Å². The molecule has 0 saturated heterocycles. The molecule has 14 aromatic carbocycles. The van der Waals surface area contributed by atoms with Crippen molar-refractivity contribution in [2.24, 2.45) is 0 Å². The maximum absolute atomic E-state index is 6.52. The fourth-order valence-corrected chi connectivity index (χ4v) is 16.5. The summed E-state index contributed by atoms with van der Waals surface area (Å²) in [6.45, 7) is 0. The fraction of sp³-hybridized carbons (Fsp3) is 0. The summed E-state index contributed by atoms with van der Waals surface area (Å²) < 4.78 is 23.0. The molecule has 0 saturated carbocycles. The lowest BCUT2D eigenvalue weighted by atomic mass is 9.97. The molecule has 0 amide bonds. The van der Waals surface area contributed by atoms with Gasteiger partial charge in [0.1, 0.15) is 22.2 Å². The molecule has 0 unspecified atom stereocenters. The van der Waals surface area contributed by atoms with Gasteiger partial charge in [-0.1, -0.05) is 188 Å². The Morgan fingerprint density at radius 3 is 1.22 bits per heavy atom. The van der Waals surface area contributed by atoms with E-state index < -0.39 is 0 Å². The number of hydrogen-bond donors (Lipinski definition) is 0. The van der Waals surface area contributed by atoms with Crippen LogP contribution in [0, 0.1) is 0 Å². The first-order valence-corrected chi connectivity index (χ1v) is 32.1. The quantitative estimate of drug-likeness (QED) is 0.166. The third-order valence-corrected chi connectivity index (χ3v) is 20.6. The first-order chi connectivity index (χ1) is 44.6. The van der Waals surface area contributed by atoms with E-state index in [0.29, 0.717) is 0 Å². The van der Waals surface area contributed by atoms with Crippen molar-refractivity contribution in [1.82, 2.24) is 9.13 Å². The molecule has 0 fully saturated rings. The van der Waals surface area contributed by atoms with Crippen molar-refractivity contribution in [1.29, 1.82) is 0 Å². The van der Waals surface area contributed by atoms with Crippen molar-refractivity contribution in [3.63, 3.8) is 0 Å². The summed E-state index contributed by atoms with van der Waals surface area (Å²) in [6, 6.07) is 109. The Morgan fingerprint density at radius 1 is 0.233 bits per heavy atom. The Hall–Kier alpha value is -11.3. The van der Waals surface area contributed by atoms with E-state index in [9.17, 15) is 0 Å². The van der Waals surface area contributed by atoms with Crippen LogP contribution in [0.3, 0.4) is 0 Å². The van der Waals surface area contributed by atoms with Crippen molar-refractivity contribution in [3.8, 4) is 55.9 Å². The molecular weight excluding hydrogens is 1130 g/mol. The summed E-state index contributed by atoms with van der Waals surface area (Å²) in [5.74, 6) is 0. The number of benzene rings is 14. The van der Waals surface area contributed by atoms with Crippen LogP contribution in [0.1, 0.15) is 0 Å². The lowest BCUT2D eigenvalue weighted by Gasteiger charge is -2.09. The second-order valence-electron chi connectivity index (χ2n) is 23.5. The Bertz CT molecular complexity index is 6280. The van der Waals surface area contributed by atoms with E-state index in [-0.39, 0.29) is 0 Å². The van der Waals surface area contributed by atoms with Gasteiger partial charge in [-0.15, -0.1) is 22.7 Å². The van der Waals surface area contributed by atoms with Gasteiger partial charge in [0.05, 0.1) is 11.0 Å². The second-order valence-corrected chi connectivity index (χ2v) is 25.7. The number of furan rings is 2. The monoisotopic (exact) mass is 1180 g/mol. The van der Waals surface area contributed by atoms with Crippen LogP contribution in [0.2, 0.25) is 0 Å². The highest BCUT2D eigenvalue weighted by Crippen LogP contribution is 2.45. The van der Waals surface area contributed by atoms with E-state index in [1.807, 2.05) is 22.7 Å². The van der Waals surface area contributed by atoms with Crippen LogP contribution in [-0.2, 0) is 0 Å². The number of aromatic nitrogens is 2. The maximum atomic E-state index is 6.52. The van der Waals surface area contributed by atoms with Crippen molar-refractivity contribution < 1.29 is 8.83 Å². The summed E-state index contributed by atoms with van der Waals surface area (Å²) in [6.07, 6.45) is 0. The fourth-order valence-electron chi connectivity index (χ4n) is 14.1. The van der Waals surface area contributed by atoms with Gasteiger partial charge in [0.2, 0.25) is 0 Å². The maximum Gasteiger partial charge on any atom is 0.161 e. The van der Waals surface area contributed by atoms with Crippen LogP contribution in [-0.4, -0.2) is 9.13 Å². The standard InChI is InChI=1S/2C42H25NOS/c1-2-12-31(13-3-1)43-36-16-7-6-15-33(36)42-41(43)35-24-29(18-21-37(35)44-42)27-10-8-11-28(23-27)30-17-20-34-39(25-30)45-38-22-19-26-9-4-5-14-32(26)40(34)38;1-2-13-32(14-3-1)43-37-16-7-6-15-34(37)42-41(43)36-23-30(18-20-38(36)44-42)26-11-8-12-27(21-26)31-17-19-33-35-22-28-9-4-5-10-29(28)24-40(35)45-39(33)25-31/h2*1-25H. The predicted molar refractivity (Wildman–Crippen MR) is 384 cm³/mol. The van der Waals surface area contributed by atoms with Gasteiger partial charge in [0, 0.05) is 73.3 Å². The minimum absolute atomic E-state index is 0.901. The zero-order chi connectivity index (χ0) is 59.0. The van der Waals surface area contributed by atoms with Crippen molar-refractivity contribution in [2.45, 2.75) is 0 Å². The second kappa shape index (κ2) is 20.1. The molecular formula is C84H50N2O2S2. The van der Waals surface area contributed by atoms with Crippen LogP contribution in [0.15, 0.2) is 312 Å². The highest BCUT2D eigenvalue weighted by molar-refractivity contribution is 7.26. The van der Waals surface area contributed by atoms with Gasteiger partial charge in [-0.3, -0.25) is 0 Å². The molecule has 0 aliphatic rings. The molecule has 6 heteroatoms. The molecule has 0 N–H and O–H groups in total. The van der Waals surface area contributed by atoms with E-state index in [1.165, 1.54) is 106 Å². The lowest BCUT2D eigenvalue weighted by Crippen LogP contribution is -1.92. The number of fused-ring (bicyclic) bond motifs is 19. The van der Waals surface area contributed by atoms with Crippen molar-refractivity contribution in [2.75, 3.05) is 0 Å². The Balaban J connectivity index is 0.000000130. The molecule has 90 heavy (non-hydrogen) atoms. The first kappa shape index (κ1) is 50.8. The van der Waals surface area contributed by atoms with Crippen LogP contribution in [0.25, 0.3) is 184 Å². The third kappa shape index (κ3) is 8.05. The molecule has 6 aromatic heterocycles. The first-order valence-electron chi connectivity index (χ1n) is 30.5. The van der Waals surface area contributed by atoms with Gasteiger partial charge in [-0.25, -0.2) is 0 Å². The topological polar surface area (TPSA) is 36.1 Å². The summed E-state index contributed by atoms with van der Waals surface area (Å²) in [7, 11) is 0. The third-order valence-electron chi connectivity index (χ3n) is 18.3. The zero-order valence-corrected chi connectivity index (χ0v) is 50.0. The molecule has 0 spiro atoms.